The Labute approximate surface area is 177 Å². The Morgan fingerprint density at radius 3 is 2.83 bits per heavy atom. The largest absolute Gasteiger partial charge is 0.497 e. The van der Waals surface area contributed by atoms with Crippen molar-refractivity contribution in [2.24, 2.45) is 4.99 Å². The van der Waals surface area contributed by atoms with Gasteiger partial charge in [0.25, 0.3) is 0 Å². The fraction of sp³-hybridized carbons (Fsp3) is 0.591. The van der Waals surface area contributed by atoms with Gasteiger partial charge in [-0.05, 0) is 43.4 Å². The number of aromatic nitrogens is 3. The third-order valence-electron chi connectivity index (χ3n) is 6.15. The van der Waals surface area contributed by atoms with Gasteiger partial charge in [0, 0.05) is 52.1 Å². The van der Waals surface area contributed by atoms with E-state index >= 15 is 0 Å². The van der Waals surface area contributed by atoms with Crippen LogP contribution in [0.2, 0.25) is 0 Å². The van der Waals surface area contributed by atoms with Crippen LogP contribution in [0, 0.1) is 0 Å². The van der Waals surface area contributed by atoms with Crippen LogP contribution in [-0.4, -0.2) is 59.0 Å². The number of aliphatic imine (C=N–C) groups is 1. The predicted molar refractivity (Wildman–Crippen MR) is 117 cm³/mol. The van der Waals surface area contributed by atoms with Crippen LogP contribution in [0.5, 0.6) is 5.75 Å². The first-order chi connectivity index (χ1) is 14.7. The van der Waals surface area contributed by atoms with E-state index in [0.717, 1.165) is 75.8 Å². The number of rotatable bonds is 6. The maximum Gasteiger partial charge on any atom is 0.345 e. The number of methoxy groups -OCH3 is 1. The van der Waals surface area contributed by atoms with Crippen molar-refractivity contribution in [2.45, 2.75) is 51.1 Å². The average molecular weight is 413 g/mol. The molecule has 1 aromatic heterocycles. The third kappa shape index (κ3) is 4.37. The number of nitrogens with zero attached hydrogens (tertiary/aromatic N) is 5. The zero-order valence-corrected chi connectivity index (χ0v) is 18.0. The van der Waals surface area contributed by atoms with Crippen molar-refractivity contribution in [2.75, 3.05) is 33.8 Å². The first-order valence-electron chi connectivity index (χ1n) is 11.0. The van der Waals surface area contributed by atoms with Gasteiger partial charge in [0.05, 0.1) is 7.11 Å². The summed E-state index contributed by atoms with van der Waals surface area (Å²) in [6, 6.07) is 8.37. The summed E-state index contributed by atoms with van der Waals surface area (Å²) in [6.07, 6.45) is 5.07. The van der Waals surface area contributed by atoms with Gasteiger partial charge in [-0.1, -0.05) is 12.1 Å². The van der Waals surface area contributed by atoms with Crippen molar-refractivity contribution in [1.29, 1.82) is 0 Å². The molecule has 0 saturated carbocycles. The van der Waals surface area contributed by atoms with E-state index < -0.39 is 0 Å². The fourth-order valence-corrected chi connectivity index (χ4v) is 4.46. The van der Waals surface area contributed by atoms with Crippen LogP contribution in [0.15, 0.2) is 34.1 Å². The summed E-state index contributed by atoms with van der Waals surface area (Å²) in [5.41, 5.74) is 1.38. The summed E-state index contributed by atoms with van der Waals surface area (Å²) < 4.78 is 8.72. The monoisotopic (exact) mass is 412 g/mol. The summed E-state index contributed by atoms with van der Waals surface area (Å²) in [7, 11) is 3.52. The fourth-order valence-electron chi connectivity index (χ4n) is 4.46. The Hall–Kier alpha value is -2.77. The predicted octanol–water partition coefficient (Wildman–Crippen LogP) is 1.84. The lowest BCUT2D eigenvalue weighted by atomic mass is 9.98. The highest BCUT2D eigenvalue weighted by Gasteiger charge is 2.26. The number of ether oxygens (including phenoxy) is 1. The molecule has 1 unspecified atom stereocenters. The number of fused-ring (bicyclic) bond motifs is 1. The molecule has 0 spiro atoms. The lowest BCUT2D eigenvalue weighted by Gasteiger charge is -2.22. The number of benzene rings is 1. The molecule has 2 aliphatic rings. The van der Waals surface area contributed by atoms with Crippen LogP contribution >= 0.6 is 0 Å². The van der Waals surface area contributed by atoms with Gasteiger partial charge in [-0.3, -0.25) is 9.56 Å². The topological polar surface area (TPSA) is 76.7 Å². The van der Waals surface area contributed by atoms with Gasteiger partial charge < -0.3 is 15.0 Å². The molecule has 0 aliphatic carbocycles. The quantitative estimate of drug-likeness (QED) is 0.445. The Morgan fingerprint density at radius 1 is 1.27 bits per heavy atom. The molecule has 0 bridgehead atoms. The van der Waals surface area contributed by atoms with Crippen molar-refractivity contribution in [3.05, 3.63) is 46.1 Å². The molecule has 162 valence electrons. The van der Waals surface area contributed by atoms with Gasteiger partial charge in [0.15, 0.2) is 5.96 Å². The number of nitrogens with one attached hydrogen (secondary N) is 1. The molecule has 8 heteroatoms. The lowest BCUT2D eigenvalue weighted by Crippen LogP contribution is -2.40. The van der Waals surface area contributed by atoms with E-state index in [1.807, 2.05) is 23.7 Å². The van der Waals surface area contributed by atoms with Crippen LogP contribution in [0.1, 0.15) is 43.0 Å². The Bertz CT molecular complexity index is 930. The smallest absolute Gasteiger partial charge is 0.345 e. The van der Waals surface area contributed by atoms with Gasteiger partial charge in [-0.15, -0.1) is 0 Å². The summed E-state index contributed by atoms with van der Waals surface area (Å²) in [5.74, 6) is 3.27. The number of aryl methyl sites for hydroxylation is 2. The molecule has 0 radical (unpaired) electrons. The van der Waals surface area contributed by atoms with Crippen LogP contribution < -0.4 is 15.7 Å². The lowest BCUT2D eigenvalue weighted by molar-refractivity contribution is 0.414. The van der Waals surface area contributed by atoms with Gasteiger partial charge in [-0.2, -0.15) is 5.10 Å². The number of guanidine groups is 1. The molecule has 1 saturated heterocycles. The molecule has 3 heterocycles. The minimum Gasteiger partial charge on any atom is -0.497 e. The molecule has 1 atom stereocenters. The van der Waals surface area contributed by atoms with E-state index in [1.165, 1.54) is 5.56 Å². The van der Waals surface area contributed by atoms with Crippen LogP contribution in [0.4, 0.5) is 0 Å². The van der Waals surface area contributed by atoms with Crippen LogP contribution in [0.3, 0.4) is 0 Å². The maximum atomic E-state index is 12.4. The van der Waals surface area contributed by atoms with Gasteiger partial charge in [0.2, 0.25) is 0 Å². The Morgan fingerprint density at radius 2 is 2.10 bits per heavy atom. The maximum absolute atomic E-state index is 12.4. The highest BCUT2D eigenvalue weighted by atomic mass is 16.5. The second-order valence-electron chi connectivity index (χ2n) is 8.06. The van der Waals surface area contributed by atoms with E-state index in [9.17, 15) is 4.79 Å². The van der Waals surface area contributed by atoms with Crippen molar-refractivity contribution >= 4 is 5.96 Å². The molecule has 8 nitrogen and oxygen atoms in total. The van der Waals surface area contributed by atoms with Gasteiger partial charge in [0.1, 0.15) is 11.6 Å². The highest BCUT2D eigenvalue weighted by molar-refractivity contribution is 5.80. The highest BCUT2D eigenvalue weighted by Crippen LogP contribution is 2.28. The molecular weight excluding hydrogens is 380 g/mol. The van der Waals surface area contributed by atoms with Crippen molar-refractivity contribution in [3.63, 3.8) is 0 Å². The molecule has 1 N–H and O–H groups in total. The molecule has 1 aromatic carbocycles. The van der Waals surface area contributed by atoms with Crippen molar-refractivity contribution in [1.82, 2.24) is 24.6 Å². The van der Waals surface area contributed by atoms with Crippen LogP contribution in [0.25, 0.3) is 0 Å². The number of likely N-dealkylation sites (tertiary alicyclic amines) is 1. The molecule has 30 heavy (non-hydrogen) atoms. The number of hydrogen-bond acceptors (Lipinski definition) is 4. The standard InChI is InChI=1S/C22H32N6O2/c1-23-21(26-15-11-18(16-26)17-7-9-19(30-2)10-8-17)24-12-5-14-28-22(29)27-13-4-3-6-20(27)25-28/h7-10,18H,3-6,11-16H2,1-2H3,(H,23,24). The molecule has 2 aromatic rings. The first-order valence-corrected chi connectivity index (χ1v) is 11.0. The zero-order valence-electron chi connectivity index (χ0n) is 18.0. The summed E-state index contributed by atoms with van der Waals surface area (Å²) >= 11 is 0. The SMILES string of the molecule is CN=C(NCCCn1nc2n(c1=O)CCCC2)N1CCC(c2ccc(OC)cc2)C1. The van der Waals surface area contributed by atoms with E-state index in [4.69, 9.17) is 4.74 Å². The van der Waals surface area contributed by atoms with Crippen LogP contribution in [-0.2, 0) is 19.5 Å². The third-order valence-corrected chi connectivity index (χ3v) is 6.15. The molecule has 1 fully saturated rings. The normalized spacial score (nSPS) is 19.1. The minimum atomic E-state index is 0.0379. The number of hydrogen-bond donors (Lipinski definition) is 1. The minimum absolute atomic E-state index is 0.0379. The average Bonchev–Trinajstić information content (AvgIpc) is 3.39. The molecule has 4 rings (SSSR count). The van der Waals surface area contributed by atoms with E-state index in [1.54, 1.807) is 11.8 Å². The van der Waals surface area contributed by atoms with Gasteiger partial charge in [-0.25, -0.2) is 9.48 Å². The summed E-state index contributed by atoms with van der Waals surface area (Å²) in [5, 5.41) is 7.97. The zero-order chi connectivity index (χ0) is 20.9. The molecular formula is C22H32N6O2. The summed E-state index contributed by atoms with van der Waals surface area (Å²) in [6.45, 7) is 4.16. The van der Waals surface area contributed by atoms with Crippen molar-refractivity contribution in [3.8, 4) is 5.75 Å². The summed E-state index contributed by atoms with van der Waals surface area (Å²) in [4.78, 5) is 19.2. The van der Waals surface area contributed by atoms with Gasteiger partial charge >= 0.3 is 5.69 Å². The van der Waals surface area contributed by atoms with E-state index in [-0.39, 0.29) is 5.69 Å². The van der Waals surface area contributed by atoms with Crippen molar-refractivity contribution < 1.29 is 4.74 Å². The molecule has 2 aliphatic heterocycles. The second kappa shape index (κ2) is 9.36. The Kier molecular flexibility index (Phi) is 6.40. The molecule has 0 amide bonds. The van der Waals surface area contributed by atoms with E-state index in [0.29, 0.717) is 12.5 Å². The van der Waals surface area contributed by atoms with E-state index in [2.05, 4.69) is 32.4 Å². The second-order valence-corrected chi connectivity index (χ2v) is 8.06. The first kappa shape index (κ1) is 20.5. The Balaban J connectivity index is 1.26.